The average Bonchev–Trinajstić information content (AvgIpc) is 2.48. The van der Waals surface area contributed by atoms with Crippen LogP contribution in [-0.2, 0) is 0 Å². The molecule has 0 amide bonds. The number of benzene rings is 3. The molecule has 0 saturated carbocycles. The Labute approximate surface area is 130 Å². The van der Waals surface area contributed by atoms with E-state index in [0.29, 0.717) is 11.3 Å². The summed E-state index contributed by atoms with van der Waals surface area (Å²) >= 11 is 2.14. The van der Waals surface area contributed by atoms with Crippen LogP contribution in [0.1, 0.15) is 10.4 Å². The van der Waals surface area contributed by atoms with Crippen LogP contribution in [0.2, 0.25) is 0 Å². The van der Waals surface area contributed by atoms with Crippen LogP contribution in [0.4, 0.5) is 0 Å². The van der Waals surface area contributed by atoms with Crippen LogP contribution in [0, 0.1) is 3.57 Å². The van der Waals surface area contributed by atoms with Crippen molar-refractivity contribution in [2.24, 2.45) is 0 Å². The van der Waals surface area contributed by atoms with Crippen LogP contribution in [-0.4, -0.2) is 5.97 Å². The standard InChI is InChI=1S/C17H11IO2/c18-15-10-4-3-9-14(15)17(19)20-16-11-5-7-12-6-1-2-8-13(12)16/h1-11H. The van der Waals surface area contributed by atoms with Gasteiger partial charge in [0.15, 0.2) is 0 Å². The topological polar surface area (TPSA) is 26.3 Å². The van der Waals surface area contributed by atoms with Crippen LogP contribution < -0.4 is 4.74 Å². The molecule has 3 heteroatoms. The molecule has 2 nitrogen and oxygen atoms in total. The van der Waals surface area contributed by atoms with E-state index in [9.17, 15) is 4.79 Å². The number of ether oxygens (including phenoxy) is 1. The Hall–Kier alpha value is -1.88. The van der Waals surface area contributed by atoms with Gasteiger partial charge in [-0.1, -0.05) is 48.5 Å². The van der Waals surface area contributed by atoms with Gasteiger partial charge in [0, 0.05) is 8.96 Å². The highest BCUT2D eigenvalue weighted by Gasteiger charge is 2.13. The second-order valence-corrected chi connectivity index (χ2v) is 5.51. The molecule has 3 rings (SSSR count). The third kappa shape index (κ3) is 2.54. The number of rotatable bonds is 2. The molecular weight excluding hydrogens is 363 g/mol. The molecule has 0 aliphatic carbocycles. The second-order valence-electron chi connectivity index (χ2n) is 4.35. The van der Waals surface area contributed by atoms with Crippen molar-refractivity contribution in [2.75, 3.05) is 0 Å². The molecule has 0 heterocycles. The fraction of sp³-hybridized carbons (Fsp3) is 0. The lowest BCUT2D eigenvalue weighted by molar-refractivity contribution is 0.0736. The summed E-state index contributed by atoms with van der Waals surface area (Å²) in [4.78, 5) is 12.3. The lowest BCUT2D eigenvalue weighted by Crippen LogP contribution is -2.10. The predicted octanol–water partition coefficient (Wildman–Crippen LogP) is 4.66. The molecule has 0 unspecified atom stereocenters. The van der Waals surface area contributed by atoms with Crippen molar-refractivity contribution in [1.29, 1.82) is 0 Å². The van der Waals surface area contributed by atoms with Gasteiger partial charge in [-0.25, -0.2) is 4.79 Å². The molecule has 0 fully saturated rings. The van der Waals surface area contributed by atoms with Crippen molar-refractivity contribution >= 4 is 39.3 Å². The van der Waals surface area contributed by atoms with E-state index in [4.69, 9.17) is 4.74 Å². The van der Waals surface area contributed by atoms with Gasteiger partial charge in [0.2, 0.25) is 0 Å². The number of hydrogen-bond acceptors (Lipinski definition) is 2. The van der Waals surface area contributed by atoms with E-state index in [1.165, 1.54) is 0 Å². The van der Waals surface area contributed by atoms with Crippen LogP contribution in [0.5, 0.6) is 5.75 Å². The fourth-order valence-electron chi connectivity index (χ4n) is 2.07. The summed E-state index contributed by atoms with van der Waals surface area (Å²) < 4.78 is 6.44. The van der Waals surface area contributed by atoms with E-state index in [1.54, 1.807) is 6.07 Å². The maximum Gasteiger partial charge on any atom is 0.344 e. The quantitative estimate of drug-likeness (QED) is 0.370. The zero-order chi connectivity index (χ0) is 13.9. The highest BCUT2D eigenvalue weighted by molar-refractivity contribution is 14.1. The lowest BCUT2D eigenvalue weighted by atomic mass is 10.1. The molecule has 0 saturated heterocycles. The van der Waals surface area contributed by atoms with Gasteiger partial charge in [-0.15, -0.1) is 0 Å². The third-order valence-corrected chi connectivity index (χ3v) is 3.99. The maximum absolute atomic E-state index is 12.3. The van der Waals surface area contributed by atoms with Gasteiger partial charge >= 0.3 is 5.97 Å². The number of esters is 1. The van der Waals surface area contributed by atoms with E-state index >= 15 is 0 Å². The monoisotopic (exact) mass is 374 g/mol. The lowest BCUT2D eigenvalue weighted by Gasteiger charge is -2.08. The summed E-state index contributed by atoms with van der Waals surface area (Å²) in [6.45, 7) is 0. The zero-order valence-electron chi connectivity index (χ0n) is 10.5. The molecule has 98 valence electrons. The van der Waals surface area contributed by atoms with Crippen LogP contribution in [0.15, 0.2) is 66.7 Å². The van der Waals surface area contributed by atoms with Gasteiger partial charge in [0.1, 0.15) is 5.75 Å². The molecule has 20 heavy (non-hydrogen) atoms. The van der Waals surface area contributed by atoms with Crippen LogP contribution in [0.25, 0.3) is 10.8 Å². The Kier molecular flexibility index (Phi) is 3.69. The largest absolute Gasteiger partial charge is 0.422 e. The highest BCUT2D eigenvalue weighted by atomic mass is 127. The molecule has 3 aromatic carbocycles. The van der Waals surface area contributed by atoms with E-state index in [1.807, 2.05) is 60.7 Å². The van der Waals surface area contributed by atoms with E-state index < -0.39 is 0 Å². The number of carbonyl (C=O) groups is 1. The number of hydrogen-bond donors (Lipinski definition) is 0. The molecule has 0 aliphatic heterocycles. The minimum atomic E-state index is -0.327. The Balaban J connectivity index is 1.98. The molecule has 0 atom stereocenters. The minimum absolute atomic E-state index is 0.327. The van der Waals surface area contributed by atoms with Crippen LogP contribution in [0.3, 0.4) is 0 Å². The van der Waals surface area contributed by atoms with Crippen molar-refractivity contribution in [3.05, 3.63) is 75.9 Å². The minimum Gasteiger partial charge on any atom is -0.422 e. The Morgan fingerprint density at radius 2 is 1.55 bits per heavy atom. The first-order valence-electron chi connectivity index (χ1n) is 6.20. The third-order valence-electron chi connectivity index (χ3n) is 3.05. The Bertz CT molecular complexity index is 775. The van der Waals surface area contributed by atoms with E-state index in [-0.39, 0.29) is 5.97 Å². The highest BCUT2D eigenvalue weighted by Crippen LogP contribution is 2.26. The number of fused-ring (bicyclic) bond motifs is 1. The smallest absolute Gasteiger partial charge is 0.344 e. The second kappa shape index (κ2) is 5.63. The normalized spacial score (nSPS) is 10.4. The van der Waals surface area contributed by atoms with E-state index in [0.717, 1.165) is 14.3 Å². The first-order valence-corrected chi connectivity index (χ1v) is 7.28. The maximum atomic E-state index is 12.3. The Morgan fingerprint density at radius 1 is 0.850 bits per heavy atom. The molecule has 0 spiro atoms. The molecule has 0 N–H and O–H groups in total. The van der Waals surface area contributed by atoms with Crippen molar-refractivity contribution in [2.45, 2.75) is 0 Å². The van der Waals surface area contributed by atoms with Gasteiger partial charge in [-0.05, 0) is 46.2 Å². The summed E-state index contributed by atoms with van der Waals surface area (Å²) in [5, 5.41) is 2.00. The van der Waals surface area contributed by atoms with Crippen molar-refractivity contribution in [3.8, 4) is 5.75 Å². The fourth-order valence-corrected chi connectivity index (χ4v) is 2.67. The summed E-state index contributed by atoms with van der Waals surface area (Å²) in [5.74, 6) is 0.263. The summed E-state index contributed by atoms with van der Waals surface area (Å²) in [7, 11) is 0. The summed E-state index contributed by atoms with van der Waals surface area (Å²) in [6.07, 6.45) is 0. The summed E-state index contributed by atoms with van der Waals surface area (Å²) in [6, 6.07) is 21.0. The Morgan fingerprint density at radius 3 is 2.40 bits per heavy atom. The molecule has 0 aliphatic rings. The van der Waals surface area contributed by atoms with Gasteiger partial charge in [-0.3, -0.25) is 0 Å². The van der Waals surface area contributed by atoms with Gasteiger partial charge in [0.25, 0.3) is 0 Å². The van der Waals surface area contributed by atoms with Gasteiger partial charge in [-0.2, -0.15) is 0 Å². The van der Waals surface area contributed by atoms with Crippen LogP contribution >= 0.6 is 22.6 Å². The first-order chi connectivity index (χ1) is 9.75. The van der Waals surface area contributed by atoms with Crippen molar-refractivity contribution < 1.29 is 9.53 Å². The number of halogens is 1. The van der Waals surface area contributed by atoms with E-state index in [2.05, 4.69) is 22.6 Å². The first kappa shape index (κ1) is 13.1. The predicted molar refractivity (Wildman–Crippen MR) is 88.1 cm³/mol. The van der Waals surface area contributed by atoms with Crippen molar-refractivity contribution in [3.63, 3.8) is 0 Å². The average molecular weight is 374 g/mol. The number of carbonyl (C=O) groups excluding carboxylic acids is 1. The molecule has 0 aromatic heterocycles. The molecule has 0 radical (unpaired) electrons. The van der Waals surface area contributed by atoms with Gasteiger partial charge in [0.05, 0.1) is 5.56 Å². The zero-order valence-corrected chi connectivity index (χ0v) is 12.7. The molecule has 0 bridgehead atoms. The summed E-state index contributed by atoms with van der Waals surface area (Å²) in [5.41, 5.74) is 0.584. The molecule has 3 aromatic rings. The van der Waals surface area contributed by atoms with Crippen molar-refractivity contribution in [1.82, 2.24) is 0 Å². The SMILES string of the molecule is O=C(Oc1cccc2ccccc12)c1ccccc1I. The molecular formula is C17H11IO2. The van der Waals surface area contributed by atoms with Gasteiger partial charge < -0.3 is 4.74 Å².